The van der Waals surface area contributed by atoms with E-state index in [1.54, 1.807) is 0 Å². The molecule has 0 saturated carbocycles. The zero-order valence-electron chi connectivity index (χ0n) is 19.1. The summed E-state index contributed by atoms with van der Waals surface area (Å²) in [5.74, 6) is 0. The van der Waals surface area contributed by atoms with Gasteiger partial charge in [-0.3, -0.25) is 0 Å². The molecule has 0 aliphatic heterocycles. The summed E-state index contributed by atoms with van der Waals surface area (Å²) in [7, 11) is -2.46. The maximum Gasteiger partial charge on any atom is 0.694 e. The first-order valence-corrected chi connectivity index (χ1v) is 13.7. The Balaban J connectivity index is 3.49. The summed E-state index contributed by atoms with van der Waals surface area (Å²) in [5, 5.41) is 0. The molecule has 0 spiro atoms. The summed E-state index contributed by atoms with van der Waals surface area (Å²) in [6, 6.07) is 0. The molecule has 0 radical (unpaired) electrons. The van der Waals surface area contributed by atoms with E-state index >= 15 is 0 Å². The van der Waals surface area contributed by atoms with Crippen LogP contribution in [0.4, 0.5) is 0 Å². The van der Waals surface area contributed by atoms with Gasteiger partial charge in [0.05, 0.1) is 0 Å². The highest BCUT2D eigenvalue weighted by molar-refractivity contribution is 7.32. The number of unbranched alkanes of at least 4 members (excludes halogenated alkanes) is 17. The van der Waals surface area contributed by atoms with Crippen LogP contribution in [0.25, 0.3) is 0 Å². The fourth-order valence-corrected chi connectivity index (χ4v) is 4.39. The summed E-state index contributed by atoms with van der Waals surface area (Å²) < 4.78 is 16.3. The normalized spacial score (nSPS) is 13.0. The van der Waals surface area contributed by atoms with Crippen molar-refractivity contribution in [2.24, 2.45) is 0 Å². The minimum atomic E-state index is -2.46. The summed E-state index contributed by atoms with van der Waals surface area (Å²) in [5.41, 5.74) is 0. The molecule has 1 N–H and O–H groups in total. The standard InChI is InChI=1S/C24H49O3P/c1-3-5-7-9-11-12-13-14-15-16-17-19-21-23-24(27-28(25)26)22-20-18-10-8-6-4-2/h24H,3-23H2,1-2H3/p+1. The molecule has 4 heteroatoms. The van der Waals surface area contributed by atoms with Gasteiger partial charge in [-0.05, 0) is 12.8 Å². The van der Waals surface area contributed by atoms with Crippen molar-refractivity contribution in [2.45, 2.75) is 155 Å². The van der Waals surface area contributed by atoms with Crippen molar-refractivity contribution >= 4 is 8.25 Å². The topological polar surface area (TPSA) is 46.5 Å². The summed E-state index contributed by atoms with van der Waals surface area (Å²) in [4.78, 5) is 9.09. The van der Waals surface area contributed by atoms with E-state index in [4.69, 9.17) is 9.42 Å². The number of hydrogen-bond acceptors (Lipinski definition) is 2. The molecule has 0 rings (SSSR count). The quantitative estimate of drug-likeness (QED) is 0.133. The van der Waals surface area contributed by atoms with Crippen LogP contribution < -0.4 is 0 Å². The number of hydrogen-bond donors (Lipinski definition) is 1. The lowest BCUT2D eigenvalue weighted by Crippen LogP contribution is -2.09. The molecule has 0 aromatic heterocycles. The van der Waals surface area contributed by atoms with E-state index in [0.29, 0.717) is 0 Å². The van der Waals surface area contributed by atoms with Crippen LogP contribution in [0.2, 0.25) is 0 Å². The van der Waals surface area contributed by atoms with Gasteiger partial charge in [0.2, 0.25) is 0 Å². The zero-order valence-corrected chi connectivity index (χ0v) is 20.0. The molecule has 0 aliphatic carbocycles. The minimum Gasteiger partial charge on any atom is -0.133 e. The lowest BCUT2D eigenvalue weighted by Gasteiger charge is -2.10. The molecule has 0 bridgehead atoms. The SMILES string of the molecule is CCCCCCCCCCCCCCCC(CCCCCCCC)O[P+](=O)O. The molecule has 0 amide bonds. The van der Waals surface area contributed by atoms with Crippen molar-refractivity contribution in [3.8, 4) is 0 Å². The predicted octanol–water partition coefficient (Wildman–Crippen LogP) is 9.25. The third-order valence-corrected chi connectivity index (χ3v) is 6.23. The molecule has 0 fully saturated rings. The first kappa shape index (κ1) is 28.0. The van der Waals surface area contributed by atoms with Crippen molar-refractivity contribution in [2.75, 3.05) is 0 Å². The lowest BCUT2D eigenvalue weighted by molar-refractivity contribution is 0.162. The predicted molar refractivity (Wildman–Crippen MR) is 123 cm³/mol. The first-order valence-electron chi connectivity index (χ1n) is 12.5. The van der Waals surface area contributed by atoms with Crippen molar-refractivity contribution in [1.29, 1.82) is 0 Å². The van der Waals surface area contributed by atoms with Crippen molar-refractivity contribution in [3.05, 3.63) is 0 Å². The van der Waals surface area contributed by atoms with Gasteiger partial charge in [-0.25, -0.2) is 0 Å². The first-order chi connectivity index (χ1) is 13.7. The van der Waals surface area contributed by atoms with Gasteiger partial charge in [-0.1, -0.05) is 136 Å². The third-order valence-electron chi connectivity index (χ3n) is 5.75. The molecule has 3 nitrogen and oxygen atoms in total. The fourth-order valence-electron chi connectivity index (χ4n) is 3.92. The lowest BCUT2D eigenvalue weighted by atomic mass is 10.0. The summed E-state index contributed by atoms with van der Waals surface area (Å²) >= 11 is 0. The Kier molecular flexibility index (Phi) is 23.3. The molecule has 28 heavy (non-hydrogen) atoms. The van der Waals surface area contributed by atoms with Crippen LogP contribution >= 0.6 is 8.25 Å². The zero-order chi connectivity index (χ0) is 20.7. The Labute approximate surface area is 177 Å². The van der Waals surface area contributed by atoms with E-state index < -0.39 is 8.25 Å². The van der Waals surface area contributed by atoms with E-state index in [2.05, 4.69) is 13.8 Å². The van der Waals surface area contributed by atoms with Crippen molar-refractivity contribution in [1.82, 2.24) is 0 Å². The second kappa shape index (κ2) is 23.3. The Bertz CT molecular complexity index is 323. The van der Waals surface area contributed by atoms with Crippen LogP contribution in [-0.4, -0.2) is 11.0 Å². The Morgan fingerprint density at radius 1 is 0.571 bits per heavy atom. The van der Waals surface area contributed by atoms with Gasteiger partial charge in [-0.15, -0.1) is 9.42 Å². The largest absolute Gasteiger partial charge is 0.694 e. The molecule has 0 aromatic carbocycles. The van der Waals surface area contributed by atoms with Gasteiger partial charge in [0.15, 0.2) is 0 Å². The molecule has 168 valence electrons. The maximum absolute atomic E-state index is 11.0. The molecule has 2 unspecified atom stereocenters. The van der Waals surface area contributed by atoms with Gasteiger partial charge in [0.1, 0.15) is 6.10 Å². The van der Waals surface area contributed by atoms with E-state index in [9.17, 15) is 4.57 Å². The fraction of sp³-hybridized carbons (Fsp3) is 1.00. The third kappa shape index (κ3) is 22.3. The smallest absolute Gasteiger partial charge is 0.133 e. The minimum absolute atomic E-state index is 0.0208. The molecular formula is C24H50O3P+. The second-order valence-electron chi connectivity index (χ2n) is 8.55. The summed E-state index contributed by atoms with van der Waals surface area (Å²) in [6.07, 6.45) is 27.0. The molecule has 0 aliphatic rings. The molecule has 0 aromatic rings. The van der Waals surface area contributed by atoms with Crippen molar-refractivity contribution in [3.63, 3.8) is 0 Å². The number of rotatable bonds is 23. The van der Waals surface area contributed by atoms with E-state index in [1.807, 2.05) is 0 Å². The maximum atomic E-state index is 11.0. The van der Waals surface area contributed by atoms with E-state index in [0.717, 1.165) is 25.7 Å². The highest BCUT2D eigenvalue weighted by Crippen LogP contribution is 2.25. The molecule has 0 saturated heterocycles. The van der Waals surface area contributed by atoms with E-state index in [1.165, 1.54) is 109 Å². The Morgan fingerprint density at radius 2 is 0.857 bits per heavy atom. The average Bonchev–Trinajstić information content (AvgIpc) is 2.67. The average molecular weight is 418 g/mol. The summed E-state index contributed by atoms with van der Waals surface area (Å²) in [6.45, 7) is 4.51. The van der Waals surface area contributed by atoms with Gasteiger partial charge >= 0.3 is 8.25 Å². The van der Waals surface area contributed by atoms with Crippen LogP contribution in [-0.2, 0) is 9.09 Å². The molecule has 2 atom stereocenters. The van der Waals surface area contributed by atoms with Gasteiger partial charge in [-0.2, -0.15) is 0 Å². The Morgan fingerprint density at radius 3 is 1.14 bits per heavy atom. The van der Waals surface area contributed by atoms with E-state index in [-0.39, 0.29) is 6.10 Å². The molecular weight excluding hydrogens is 367 g/mol. The Hall–Kier alpha value is 0.0200. The highest BCUT2D eigenvalue weighted by atomic mass is 31.1. The van der Waals surface area contributed by atoms with Gasteiger partial charge in [0, 0.05) is 4.57 Å². The molecule has 0 heterocycles. The van der Waals surface area contributed by atoms with Gasteiger partial charge < -0.3 is 0 Å². The van der Waals surface area contributed by atoms with Crippen LogP contribution in [0.3, 0.4) is 0 Å². The van der Waals surface area contributed by atoms with Crippen LogP contribution in [0.15, 0.2) is 0 Å². The van der Waals surface area contributed by atoms with Crippen LogP contribution in [0.1, 0.15) is 149 Å². The monoisotopic (exact) mass is 417 g/mol. The highest BCUT2D eigenvalue weighted by Gasteiger charge is 2.22. The second-order valence-corrected chi connectivity index (χ2v) is 9.24. The van der Waals surface area contributed by atoms with Crippen molar-refractivity contribution < 1.29 is 14.0 Å². The van der Waals surface area contributed by atoms with Gasteiger partial charge in [0.25, 0.3) is 0 Å². The van der Waals surface area contributed by atoms with Crippen LogP contribution in [0, 0.1) is 0 Å². The van der Waals surface area contributed by atoms with Crippen LogP contribution in [0.5, 0.6) is 0 Å².